The van der Waals surface area contributed by atoms with Gasteiger partial charge in [-0.25, -0.2) is 17.6 Å². The molecular formula is C20H19F3N2O7S. The zero-order valence-corrected chi connectivity index (χ0v) is 18.2. The third kappa shape index (κ3) is 5.37. The molecule has 0 bridgehead atoms. The molecule has 178 valence electrons. The molecule has 1 N–H and O–H groups in total. The van der Waals surface area contributed by atoms with E-state index in [-0.39, 0.29) is 35.2 Å². The van der Waals surface area contributed by atoms with Crippen LogP contribution in [0, 0.1) is 5.82 Å². The maximum atomic E-state index is 14.1. The first-order chi connectivity index (χ1) is 15.5. The first kappa shape index (κ1) is 24.3. The van der Waals surface area contributed by atoms with E-state index >= 15 is 0 Å². The van der Waals surface area contributed by atoms with Crippen LogP contribution in [0.3, 0.4) is 0 Å². The number of amides is 1. The third-order valence-electron chi connectivity index (χ3n) is 4.52. The van der Waals surface area contributed by atoms with Gasteiger partial charge in [0, 0.05) is 24.8 Å². The summed E-state index contributed by atoms with van der Waals surface area (Å²) in [4.78, 5) is 24.0. The SMILES string of the molecule is CCN(CC)S(=O)(=O)c1ccc(F)c(C(=O)OCC(=O)Nc2ccc3c(c2)OC(F)(F)O3)c1. The molecule has 13 heteroatoms. The Morgan fingerprint density at radius 3 is 2.39 bits per heavy atom. The van der Waals surface area contributed by atoms with Crippen LogP contribution < -0.4 is 14.8 Å². The highest BCUT2D eigenvalue weighted by Crippen LogP contribution is 2.42. The number of alkyl halides is 2. The second-order valence-electron chi connectivity index (χ2n) is 6.68. The first-order valence-electron chi connectivity index (χ1n) is 9.63. The zero-order valence-electron chi connectivity index (χ0n) is 17.4. The van der Waals surface area contributed by atoms with Crippen LogP contribution in [0.5, 0.6) is 11.5 Å². The van der Waals surface area contributed by atoms with Gasteiger partial charge in [-0.15, -0.1) is 8.78 Å². The first-order valence-corrected chi connectivity index (χ1v) is 11.1. The number of carbonyl (C=O) groups excluding carboxylic acids is 2. The molecule has 2 aromatic rings. The van der Waals surface area contributed by atoms with E-state index in [0.717, 1.165) is 34.6 Å². The predicted molar refractivity (Wildman–Crippen MR) is 108 cm³/mol. The molecule has 1 heterocycles. The summed E-state index contributed by atoms with van der Waals surface area (Å²) in [6.45, 7) is 2.76. The molecule has 1 amide bonds. The zero-order chi connectivity index (χ0) is 24.4. The second-order valence-corrected chi connectivity index (χ2v) is 8.62. The van der Waals surface area contributed by atoms with Crippen LogP contribution in [0.15, 0.2) is 41.3 Å². The van der Waals surface area contributed by atoms with Crippen molar-refractivity contribution in [2.75, 3.05) is 25.0 Å². The van der Waals surface area contributed by atoms with Crippen molar-refractivity contribution in [1.82, 2.24) is 4.31 Å². The largest absolute Gasteiger partial charge is 0.586 e. The molecular weight excluding hydrogens is 469 g/mol. The second kappa shape index (κ2) is 9.27. The van der Waals surface area contributed by atoms with Crippen molar-refractivity contribution in [3.8, 4) is 11.5 Å². The lowest BCUT2D eigenvalue weighted by Gasteiger charge is -2.18. The Morgan fingerprint density at radius 2 is 1.73 bits per heavy atom. The summed E-state index contributed by atoms with van der Waals surface area (Å²) >= 11 is 0. The molecule has 0 spiro atoms. The predicted octanol–water partition coefficient (Wildman–Crippen LogP) is 2.97. The van der Waals surface area contributed by atoms with E-state index in [1.165, 1.54) is 6.07 Å². The van der Waals surface area contributed by atoms with Gasteiger partial charge in [0.2, 0.25) is 10.0 Å². The number of anilines is 1. The van der Waals surface area contributed by atoms with E-state index < -0.39 is 46.2 Å². The standard InChI is InChI=1S/C20H19F3N2O7S/c1-3-25(4-2)33(28,29)13-6-7-15(21)14(10-13)19(27)30-11-18(26)24-12-5-8-16-17(9-12)32-20(22,23)31-16/h5-10H,3-4,11H2,1-2H3,(H,24,26). The van der Waals surface area contributed by atoms with E-state index in [0.29, 0.717) is 0 Å². The van der Waals surface area contributed by atoms with Crippen LogP contribution >= 0.6 is 0 Å². The Labute approximate surface area is 187 Å². The maximum absolute atomic E-state index is 14.1. The molecule has 0 unspecified atom stereocenters. The molecule has 0 radical (unpaired) electrons. The topological polar surface area (TPSA) is 111 Å². The summed E-state index contributed by atoms with van der Waals surface area (Å²) in [6.07, 6.45) is -3.82. The lowest BCUT2D eigenvalue weighted by molar-refractivity contribution is -0.286. The van der Waals surface area contributed by atoms with Gasteiger partial charge < -0.3 is 19.5 Å². The summed E-state index contributed by atoms with van der Waals surface area (Å²) in [5.74, 6) is -3.68. The van der Waals surface area contributed by atoms with Crippen LogP contribution in [-0.2, 0) is 19.6 Å². The number of nitrogens with zero attached hydrogens (tertiary/aromatic N) is 1. The summed E-state index contributed by atoms with van der Waals surface area (Å²) < 4.78 is 79.9. The van der Waals surface area contributed by atoms with Gasteiger partial charge in [0.15, 0.2) is 18.1 Å². The number of fused-ring (bicyclic) bond motifs is 1. The molecule has 0 saturated carbocycles. The molecule has 1 aliphatic rings. The number of carbonyl (C=O) groups is 2. The van der Waals surface area contributed by atoms with Crippen molar-refractivity contribution in [2.45, 2.75) is 25.0 Å². The van der Waals surface area contributed by atoms with Crippen LogP contribution in [0.25, 0.3) is 0 Å². The summed E-state index contributed by atoms with van der Waals surface area (Å²) in [6, 6.07) is 6.16. The number of hydrogen-bond acceptors (Lipinski definition) is 7. The number of benzene rings is 2. The van der Waals surface area contributed by atoms with Crippen molar-refractivity contribution in [3.63, 3.8) is 0 Å². The molecule has 0 aromatic heterocycles. The number of halogens is 3. The number of nitrogens with one attached hydrogen (secondary N) is 1. The van der Waals surface area contributed by atoms with E-state index in [4.69, 9.17) is 4.74 Å². The van der Waals surface area contributed by atoms with Gasteiger partial charge >= 0.3 is 12.3 Å². The third-order valence-corrected chi connectivity index (χ3v) is 6.57. The van der Waals surface area contributed by atoms with Crippen molar-refractivity contribution >= 4 is 27.6 Å². The Bertz CT molecular complexity index is 1180. The van der Waals surface area contributed by atoms with Crippen molar-refractivity contribution in [2.24, 2.45) is 0 Å². The molecule has 1 aliphatic heterocycles. The molecule has 0 saturated heterocycles. The highest BCUT2D eigenvalue weighted by atomic mass is 32.2. The Hall–Kier alpha value is -3.32. The molecule has 0 fully saturated rings. The Kier molecular flexibility index (Phi) is 6.84. The highest BCUT2D eigenvalue weighted by molar-refractivity contribution is 7.89. The molecule has 0 atom stereocenters. The van der Waals surface area contributed by atoms with E-state index in [1.54, 1.807) is 13.8 Å². The minimum absolute atomic E-state index is 0.0505. The monoisotopic (exact) mass is 488 g/mol. The molecule has 3 rings (SSSR count). The molecule has 0 aliphatic carbocycles. The van der Waals surface area contributed by atoms with Crippen LogP contribution in [-0.4, -0.2) is 50.6 Å². The minimum Gasteiger partial charge on any atom is -0.452 e. The number of hydrogen-bond donors (Lipinski definition) is 1. The number of sulfonamides is 1. The van der Waals surface area contributed by atoms with Gasteiger partial charge in [-0.1, -0.05) is 13.8 Å². The van der Waals surface area contributed by atoms with Crippen LogP contribution in [0.1, 0.15) is 24.2 Å². The quantitative estimate of drug-likeness (QED) is 0.569. The lowest BCUT2D eigenvalue weighted by Crippen LogP contribution is -2.30. The lowest BCUT2D eigenvalue weighted by atomic mass is 10.2. The average Bonchev–Trinajstić information content (AvgIpc) is 3.06. The maximum Gasteiger partial charge on any atom is 0.586 e. The number of esters is 1. The van der Waals surface area contributed by atoms with Crippen LogP contribution in [0.4, 0.5) is 18.9 Å². The summed E-state index contributed by atoms with van der Waals surface area (Å²) in [7, 11) is -3.96. The van der Waals surface area contributed by atoms with Crippen molar-refractivity contribution in [1.29, 1.82) is 0 Å². The summed E-state index contributed by atoms with van der Waals surface area (Å²) in [5.41, 5.74) is -0.615. The van der Waals surface area contributed by atoms with Gasteiger partial charge in [0.25, 0.3) is 5.91 Å². The fraction of sp³-hybridized carbons (Fsp3) is 0.300. The highest BCUT2D eigenvalue weighted by Gasteiger charge is 2.43. The normalized spacial score (nSPS) is 14.2. The fourth-order valence-corrected chi connectivity index (χ4v) is 4.45. The van der Waals surface area contributed by atoms with Gasteiger partial charge in [-0.05, 0) is 30.3 Å². The minimum atomic E-state index is -3.96. The van der Waals surface area contributed by atoms with Gasteiger partial charge in [-0.3, -0.25) is 4.79 Å². The van der Waals surface area contributed by atoms with Gasteiger partial charge in [0.1, 0.15) is 5.82 Å². The van der Waals surface area contributed by atoms with Crippen LogP contribution in [0.2, 0.25) is 0 Å². The van der Waals surface area contributed by atoms with E-state index in [1.807, 2.05) is 0 Å². The van der Waals surface area contributed by atoms with Crippen molar-refractivity contribution < 1.29 is 45.4 Å². The average molecular weight is 488 g/mol. The molecule has 2 aromatic carbocycles. The molecule has 9 nitrogen and oxygen atoms in total. The van der Waals surface area contributed by atoms with E-state index in [2.05, 4.69) is 14.8 Å². The van der Waals surface area contributed by atoms with Gasteiger partial charge in [-0.2, -0.15) is 4.31 Å². The Balaban J connectivity index is 1.66. The number of rotatable bonds is 8. The number of ether oxygens (including phenoxy) is 3. The Morgan fingerprint density at radius 1 is 1.06 bits per heavy atom. The van der Waals surface area contributed by atoms with Gasteiger partial charge in [0.05, 0.1) is 10.5 Å². The fourth-order valence-electron chi connectivity index (χ4n) is 2.97. The van der Waals surface area contributed by atoms with Crippen molar-refractivity contribution in [3.05, 3.63) is 47.8 Å². The summed E-state index contributed by atoms with van der Waals surface area (Å²) in [5, 5.41) is 2.29. The molecule has 33 heavy (non-hydrogen) atoms. The van der Waals surface area contributed by atoms with E-state index in [9.17, 15) is 31.2 Å². The smallest absolute Gasteiger partial charge is 0.452 e.